The van der Waals surface area contributed by atoms with E-state index in [0.29, 0.717) is 0 Å². The van der Waals surface area contributed by atoms with Gasteiger partial charge in [-0.05, 0) is 12.5 Å². The predicted molar refractivity (Wildman–Crippen MR) is 47.5 cm³/mol. The molecular weight excluding hydrogens is 170 g/mol. The van der Waals surface area contributed by atoms with E-state index < -0.39 is 5.97 Å². The molecule has 0 spiro atoms. The van der Waals surface area contributed by atoms with E-state index in [2.05, 4.69) is 4.74 Å². The van der Waals surface area contributed by atoms with Crippen molar-refractivity contribution in [3.63, 3.8) is 0 Å². The largest absolute Gasteiger partial charge is 0.468 e. The molecule has 0 unspecified atom stereocenters. The summed E-state index contributed by atoms with van der Waals surface area (Å²) in [5.74, 6) is -0.423. The van der Waals surface area contributed by atoms with Crippen LogP contribution in [-0.2, 0) is 16.1 Å². The number of esters is 1. The Morgan fingerprint density at radius 1 is 1.54 bits per heavy atom. The second kappa shape index (κ2) is 3.89. The SMILES string of the molecule is COC(=O)Cn1cc(C)ccc1=O. The zero-order chi connectivity index (χ0) is 9.84. The van der Waals surface area contributed by atoms with E-state index in [0.717, 1.165) is 5.56 Å². The van der Waals surface area contributed by atoms with Crippen LogP contribution in [0.25, 0.3) is 0 Å². The zero-order valence-corrected chi connectivity index (χ0v) is 7.61. The molecule has 0 saturated carbocycles. The van der Waals surface area contributed by atoms with E-state index in [4.69, 9.17) is 0 Å². The minimum atomic E-state index is -0.423. The second-order valence-electron chi connectivity index (χ2n) is 2.75. The fourth-order valence-electron chi connectivity index (χ4n) is 0.978. The molecule has 0 amide bonds. The third kappa shape index (κ3) is 2.43. The molecule has 1 aromatic rings. The van der Waals surface area contributed by atoms with Gasteiger partial charge in [0.15, 0.2) is 0 Å². The highest BCUT2D eigenvalue weighted by Gasteiger charge is 2.02. The molecule has 70 valence electrons. The van der Waals surface area contributed by atoms with Gasteiger partial charge in [0, 0.05) is 12.3 Å². The number of rotatable bonds is 2. The van der Waals surface area contributed by atoms with Crippen molar-refractivity contribution in [3.05, 3.63) is 34.2 Å². The Bertz CT molecular complexity index is 367. The lowest BCUT2D eigenvalue weighted by Gasteiger charge is -2.03. The van der Waals surface area contributed by atoms with Gasteiger partial charge in [-0.15, -0.1) is 0 Å². The molecule has 0 aliphatic carbocycles. The van der Waals surface area contributed by atoms with E-state index >= 15 is 0 Å². The molecule has 4 heteroatoms. The highest BCUT2D eigenvalue weighted by Crippen LogP contribution is 1.92. The van der Waals surface area contributed by atoms with E-state index in [1.165, 1.54) is 17.7 Å². The van der Waals surface area contributed by atoms with Gasteiger partial charge in [0.05, 0.1) is 7.11 Å². The molecule has 13 heavy (non-hydrogen) atoms. The highest BCUT2D eigenvalue weighted by molar-refractivity contribution is 5.68. The number of aryl methyl sites for hydroxylation is 1. The van der Waals surface area contributed by atoms with Gasteiger partial charge >= 0.3 is 5.97 Å². The topological polar surface area (TPSA) is 48.3 Å². The van der Waals surface area contributed by atoms with Crippen molar-refractivity contribution in [1.82, 2.24) is 4.57 Å². The summed E-state index contributed by atoms with van der Waals surface area (Å²) in [6, 6.07) is 3.13. The Labute approximate surface area is 75.8 Å². The van der Waals surface area contributed by atoms with Crippen LogP contribution in [0.2, 0.25) is 0 Å². The Balaban J connectivity index is 2.94. The third-order valence-corrected chi connectivity index (χ3v) is 1.66. The fourth-order valence-corrected chi connectivity index (χ4v) is 0.978. The number of aromatic nitrogens is 1. The lowest BCUT2D eigenvalue weighted by Crippen LogP contribution is -2.23. The van der Waals surface area contributed by atoms with E-state index in [9.17, 15) is 9.59 Å². The summed E-state index contributed by atoms with van der Waals surface area (Å²) < 4.78 is 5.77. The Morgan fingerprint density at radius 2 is 2.23 bits per heavy atom. The number of hydrogen-bond donors (Lipinski definition) is 0. The summed E-state index contributed by atoms with van der Waals surface area (Å²) >= 11 is 0. The number of methoxy groups -OCH3 is 1. The average Bonchev–Trinajstić information content (AvgIpc) is 2.11. The molecule has 0 radical (unpaired) electrons. The molecule has 0 aliphatic rings. The van der Waals surface area contributed by atoms with E-state index in [-0.39, 0.29) is 12.1 Å². The minimum Gasteiger partial charge on any atom is -0.468 e. The summed E-state index contributed by atoms with van der Waals surface area (Å²) in [5.41, 5.74) is 0.736. The smallest absolute Gasteiger partial charge is 0.325 e. The molecule has 0 saturated heterocycles. The van der Waals surface area contributed by atoms with Gasteiger partial charge in [-0.2, -0.15) is 0 Å². The summed E-state index contributed by atoms with van der Waals surface area (Å²) in [4.78, 5) is 22.0. The normalized spacial score (nSPS) is 9.69. The number of nitrogens with zero attached hydrogens (tertiary/aromatic N) is 1. The molecule has 0 aliphatic heterocycles. The van der Waals surface area contributed by atoms with Crippen molar-refractivity contribution in [2.75, 3.05) is 7.11 Å². The lowest BCUT2D eigenvalue weighted by atomic mass is 10.3. The highest BCUT2D eigenvalue weighted by atomic mass is 16.5. The Hall–Kier alpha value is -1.58. The maximum atomic E-state index is 11.2. The van der Waals surface area contributed by atoms with Crippen molar-refractivity contribution in [1.29, 1.82) is 0 Å². The van der Waals surface area contributed by atoms with Crippen LogP contribution in [0, 0.1) is 6.92 Å². The first-order valence-corrected chi connectivity index (χ1v) is 3.87. The first kappa shape index (κ1) is 9.51. The minimum absolute atomic E-state index is 0.0307. The van der Waals surface area contributed by atoms with Crippen LogP contribution in [0.1, 0.15) is 5.56 Å². The molecule has 0 N–H and O–H groups in total. The van der Waals surface area contributed by atoms with Crippen LogP contribution in [0.5, 0.6) is 0 Å². The van der Waals surface area contributed by atoms with Crippen LogP contribution in [-0.4, -0.2) is 17.6 Å². The molecular formula is C9H11NO3. The summed E-state index contributed by atoms with van der Waals surface area (Å²) in [6.45, 7) is 1.82. The van der Waals surface area contributed by atoms with Gasteiger partial charge in [0.1, 0.15) is 6.54 Å². The third-order valence-electron chi connectivity index (χ3n) is 1.66. The molecule has 0 bridgehead atoms. The van der Waals surface area contributed by atoms with Crippen LogP contribution in [0.4, 0.5) is 0 Å². The van der Waals surface area contributed by atoms with Gasteiger partial charge < -0.3 is 9.30 Å². The summed E-state index contributed by atoms with van der Waals surface area (Å²) in [7, 11) is 1.29. The fraction of sp³-hybridized carbons (Fsp3) is 0.333. The number of hydrogen-bond acceptors (Lipinski definition) is 3. The monoisotopic (exact) mass is 181 g/mol. The zero-order valence-electron chi connectivity index (χ0n) is 7.61. The second-order valence-corrected chi connectivity index (χ2v) is 2.75. The predicted octanol–water partition coefficient (Wildman–Crippen LogP) is 0.330. The van der Waals surface area contributed by atoms with Crippen molar-refractivity contribution in [2.24, 2.45) is 0 Å². The van der Waals surface area contributed by atoms with E-state index in [1.54, 1.807) is 12.3 Å². The molecule has 1 rings (SSSR count). The Kier molecular flexibility index (Phi) is 2.84. The quantitative estimate of drug-likeness (QED) is 0.618. The van der Waals surface area contributed by atoms with Gasteiger partial charge in [-0.25, -0.2) is 0 Å². The first-order valence-electron chi connectivity index (χ1n) is 3.87. The molecule has 1 aromatic heterocycles. The van der Waals surface area contributed by atoms with Crippen molar-refractivity contribution < 1.29 is 9.53 Å². The van der Waals surface area contributed by atoms with Crippen molar-refractivity contribution in [2.45, 2.75) is 13.5 Å². The van der Waals surface area contributed by atoms with Crippen LogP contribution < -0.4 is 5.56 Å². The van der Waals surface area contributed by atoms with Gasteiger partial charge in [-0.3, -0.25) is 9.59 Å². The van der Waals surface area contributed by atoms with Crippen LogP contribution in [0.3, 0.4) is 0 Å². The van der Waals surface area contributed by atoms with Crippen LogP contribution >= 0.6 is 0 Å². The Morgan fingerprint density at radius 3 is 2.85 bits per heavy atom. The van der Waals surface area contributed by atoms with Crippen molar-refractivity contribution in [3.8, 4) is 0 Å². The van der Waals surface area contributed by atoms with Gasteiger partial charge in [0.2, 0.25) is 0 Å². The summed E-state index contributed by atoms with van der Waals surface area (Å²) in [6.07, 6.45) is 1.62. The molecule has 0 atom stereocenters. The van der Waals surface area contributed by atoms with Crippen LogP contribution in [0.15, 0.2) is 23.1 Å². The summed E-state index contributed by atoms with van der Waals surface area (Å²) in [5, 5.41) is 0. The lowest BCUT2D eigenvalue weighted by molar-refractivity contribution is -0.141. The van der Waals surface area contributed by atoms with E-state index in [1.807, 2.05) is 6.92 Å². The molecule has 1 heterocycles. The first-order chi connectivity index (χ1) is 6.13. The molecule has 0 fully saturated rings. The number of carbonyl (C=O) groups excluding carboxylic acids is 1. The number of pyridine rings is 1. The average molecular weight is 181 g/mol. The maximum Gasteiger partial charge on any atom is 0.325 e. The molecule has 4 nitrogen and oxygen atoms in total. The number of carbonyl (C=O) groups is 1. The molecule has 0 aromatic carbocycles. The number of ether oxygens (including phenoxy) is 1. The maximum absolute atomic E-state index is 11.2. The van der Waals surface area contributed by atoms with Gasteiger partial charge in [0.25, 0.3) is 5.56 Å². The standard InChI is InChI=1S/C9H11NO3/c1-7-3-4-8(11)10(5-7)6-9(12)13-2/h3-5H,6H2,1-2H3. The van der Waals surface area contributed by atoms with Gasteiger partial charge in [-0.1, -0.05) is 6.07 Å². The van der Waals surface area contributed by atoms with Crippen molar-refractivity contribution >= 4 is 5.97 Å².